The van der Waals surface area contributed by atoms with E-state index < -0.39 is 0 Å². The molecule has 0 aliphatic carbocycles. The lowest BCUT2D eigenvalue weighted by Gasteiger charge is -2.20. The lowest BCUT2D eigenvalue weighted by molar-refractivity contribution is -0.116. The van der Waals surface area contributed by atoms with Crippen molar-refractivity contribution in [2.24, 2.45) is 5.73 Å². The highest BCUT2D eigenvalue weighted by Gasteiger charge is 2.15. The van der Waals surface area contributed by atoms with E-state index in [1.54, 1.807) is 24.3 Å². The normalized spacial score (nSPS) is 12.6. The molecule has 0 radical (unpaired) electrons. The molecule has 5 nitrogen and oxygen atoms in total. The lowest BCUT2D eigenvalue weighted by Crippen LogP contribution is -2.40. The molecular weight excluding hydrogens is 266 g/mol. The predicted octanol–water partition coefficient (Wildman–Crippen LogP) is 2.28. The van der Waals surface area contributed by atoms with Crippen LogP contribution in [0.25, 0.3) is 0 Å². The summed E-state index contributed by atoms with van der Waals surface area (Å²) in [7, 11) is 0. The van der Waals surface area contributed by atoms with Crippen LogP contribution in [0.15, 0.2) is 24.3 Å². The van der Waals surface area contributed by atoms with Gasteiger partial charge in [0.05, 0.1) is 0 Å². The zero-order valence-corrected chi connectivity index (χ0v) is 13.2. The molecule has 5 heteroatoms. The molecule has 0 heterocycles. The van der Waals surface area contributed by atoms with E-state index in [-0.39, 0.29) is 23.4 Å². The first-order valence-corrected chi connectivity index (χ1v) is 7.15. The van der Waals surface area contributed by atoms with Gasteiger partial charge in [0, 0.05) is 29.3 Å². The second-order valence-corrected chi connectivity index (χ2v) is 6.35. The molecule has 116 valence electrons. The molecule has 0 saturated carbocycles. The van der Waals surface area contributed by atoms with Crippen molar-refractivity contribution in [1.29, 1.82) is 0 Å². The molecule has 1 atom stereocenters. The van der Waals surface area contributed by atoms with Gasteiger partial charge in [0.2, 0.25) is 5.91 Å². The minimum atomic E-state index is -0.275. The number of amides is 2. The van der Waals surface area contributed by atoms with Gasteiger partial charge in [-0.25, -0.2) is 0 Å². The van der Waals surface area contributed by atoms with Crippen LogP contribution in [0.5, 0.6) is 0 Å². The summed E-state index contributed by atoms with van der Waals surface area (Å²) < 4.78 is 0. The molecule has 0 aliphatic rings. The summed E-state index contributed by atoms with van der Waals surface area (Å²) in [6.45, 7) is 7.66. The predicted molar refractivity (Wildman–Crippen MR) is 85.2 cm³/mol. The maximum absolute atomic E-state index is 12.0. The van der Waals surface area contributed by atoms with E-state index in [1.807, 2.05) is 27.7 Å². The molecule has 0 aromatic heterocycles. The van der Waals surface area contributed by atoms with Crippen LogP contribution in [0, 0.1) is 0 Å². The number of carbonyl (C=O) groups excluding carboxylic acids is 2. The van der Waals surface area contributed by atoms with E-state index in [0.717, 1.165) is 0 Å². The highest BCUT2D eigenvalue weighted by molar-refractivity contribution is 5.96. The van der Waals surface area contributed by atoms with Gasteiger partial charge in [-0.15, -0.1) is 0 Å². The zero-order chi connectivity index (χ0) is 16.0. The monoisotopic (exact) mass is 291 g/mol. The van der Waals surface area contributed by atoms with Crippen molar-refractivity contribution in [3.05, 3.63) is 29.8 Å². The van der Waals surface area contributed by atoms with Crippen LogP contribution in [0.2, 0.25) is 0 Å². The Bertz CT molecular complexity index is 487. The van der Waals surface area contributed by atoms with E-state index in [2.05, 4.69) is 10.6 Å². The number of rotatable bonds is 5. The molecule has 1 aromatic carbocycles. The van der Waals surface area contributed by atoms with Crippen molar-refractivity contribution in [2.45, 2.75) is 52.1 Å². The number of benzene rings is 1. The maximum Gasteiger partial charge on any atom is 0.251 e. The fraction of sp³-hybridized carbons (Fsp3) is 0.500. The van der Waals surface area contributed by atoms with E-state index in [4.69, 9.17) is 5.73 Å². The van der Waals surface area contributed by atoms with Gasteiger partial charge in [-0.05, 0) is 58.4 Å². The second kappa shape index (κ2) is 7.22. The van der Waals surface area contributed by atoms with Crippen LogP contribution < -0.4 is 16.4 Å². The van der Waals surface area contributed by atoms with Gasteiger partial charge in [0.25, 0.3) is 5.91 Å². The average molecular weight is 291 g/mol. The van der Waals surface area contributed by atoms with Gasteiger partial charge in [-0.1, -0.05) is 0 Å². The summed E-state index contributed by atoms with van der Waals surface area (Å²) in [4.78, 5) is 23.6. The highest BCUT2D eigenvalue weighted by Crippen LogP contribution is 2.11. The highest BCUT2D eigenvalue weighted by atomic mass is 16.2. The Morgan fingerprint density at radius 1 is 1.19 bits per heavy atom. The first-order valence-electron chi connectivity index (χ1n) is 7.15. The maximum atomic E-state index is 12.0. The number of carbonyl (C=O) groups is 2. The summed E-state index contributed by atoms with van der Waals surface area (Å²) in [6, 6.07) is 6.85. The Morgan fingerprint density at radius 2 is 1.76 bits per heavy atom. The summed E-state index contributed by atoms with van der Waals surface area (Å²) in [5, 5.41) is 5.67. The van der Waals surface area contributed by atoms with Crippen LogP contribution in [0.1, 0.15) is 50.9 Å². The fourth-order valence-electron chi connectivity index (χ4n) is 1.70. The van der Waals surface area contributed by atoms with Gasteiger partial charge in [-0.2, -0.15) is 0 Å². The summed E-state index contributed by atoms with van der Waals surface area (Å²) in [5.41, 5.74) is 6.58. The fourth-order valence-corrected chi connectivity index (χ4v) is 1.70. The van der Waals surface area contributed by atoms with Crippen LogP contribution in [-0.4, -0.2) is 23.4 Å². The first kappa shape index (κ1) is 17.2. The van der Waals surface area contributed by atoms with Gasteiger partial charge in [-0.3, -0.25) is 9.59 Å². The van der Waals surface area contributed by atoms with Crippen LogP contribution >= 0.6 is 0 Å². The van der Waals surface area contributed by atoms with Crippen molar-refractivity contribution in [1.82, 2.24) is 5.32 Å². The Morgan fingerprint density at radius 3 is 2.24 bits per heavy atom. The standard InChI is InChI=1S/C16H25N3O2/c1-11(17)5-10-14(20)18-13-8-6-12(7-9-13)15(21)19-16(2,3)4/h6-9,11H,5,10,17H2,1-4H3,(H,18,20)(H,19,21). The van der Waals surface area contributed by atoms with Gasteiger partial charge in [0.15, 0.2) is 0 Å². The molecular formula is C16H25N3O2. The summed E-state index contributed by atoms with van der Waals surface area (Å²) in [5.74, 6) is -0.198. The minimum Gasteiger partial charge on any atom is -0.347 e. The van der Waals surface area contributed by atoms with Gasteiger partial charge in [0.1, 0.15) is 0 Å². The number of nitrogens with two attached hydrogens (primary N) is 1. The molecule has 1 rings (SSSR count). The SMILES string of the molecule is CC(N)CCC(=O)Nc1ccc(C(=O)NC(C)(C)C)cc1. The number of nitrogens with one attached hydrogen (secondary N) is 2. The van der Waals surface area contributed by atoms with Crippen LogP contribution in [0.3, 0.4) is 0 Å². The smallest absolute Gasteiger partial charge is 0.251 e. The van der Waals surface area contributed by atoms with Crippen LogP contribution in [-0.2, 0) is 4.79 Å². The van der Waals surface area contributed by atoms with Crippen molar-refractivity contribution in [2.75, 3.05) is 5.32 Å². The van der Waals surface area contributed by atoms with Crippen molar-refractivity contribution in [3.8, 4) is 0 Å². The minimum absolute atomic E-state index is 0.0132. The number of anilines is 1. The Balaban J connectivity index is 2.58. The topological polar surface area (TPSA) is 84.2 Å². The first-order chi connectivity index (χ1) is 9.67. The van der Waals surface area contributed by atoms with E-state index in [0.29, 0.717) is 24.1 Å². The quantitative estimate of drug-likeness (QED) is 0.778. The molecule has 0 fully saturated rings. The Hall–Kier alpha value is -1.88. The second-order valence-electron chi connectivity index (χ2n) is 6.35. The molecule has 1 unspecified atom stereocenters. The third-order valence-corrected chi connectivity index (χ3v) is 2.75. The zero-order valence-electron chi connectivity index (χ0n) is 13.2. The number of hydrogen-bond donors (Lipinski definition) is 3. The number of hydrogen-bond acceptors (Lipinski definition) is 3. The summed E-state index contributed by atoms with van der Waals surface area (Å²) in [6.07, 6.45) is 1.04. The largest absolute Gasteiger partial charge is 0.347 e. The Labute approximate surface area is 126 Å². The molecule has 2 amide bonds. The van der Waals surface area contributed by atoms with Crippen molar-refractivity contribution >= 4 is 17.5 Å². The molecule has 0 bridgehead atoms. The molecule has 0 aliphatic heterocycles. The lowest BCUT2D eigenvalue weighted by atomic mass is 10.1. The third kappa shape index (κ3) is 6.90. The average Bonchev–Trinajstić information content (AvgIpc) is 2.35. The molecule has 0 spiro atoms. The van der Waals surface area contributed by atoms with E-state index in [9.17, 15) is 9.59 Å². The van der Waals surface area contributed by atoms with Crippen LogP contribution in [0.4, 0.5) is 5.69 Å². The third-order valence-electron chi connectivity index (χ3n) is 2.75. The van der Waals surface area contributed by atoms with Gasteiger partial charge >= 0.3 is 0 Å². The van der Waals surface area contributed by atoms with Gasteiger partial charge < -0.3 is 16.4 Å². The summed E-state index contributed by atoms with van der Waals surface area (Å²) >= 11 is 0. The van der Waals surface area contributed by atoms with Crippen molar-refractivity contribution < 1.29 is 9.59 Å². The molecule has 21 heavy (non-hydrogen) atoms. The molecule has 0 saturated heterocycles. The van der Waals surface area contributed by atoms with E-state index >= 15 is 0 Å². The molecule has 1 aromatic rings. The van der Waals surface area contributed by atoms with E-state index in [1.165, 1.54) is 0 Å². The van der Waals surface area contributed by atoms with Crippen molar-refractivity contribution in [3.63, 3.8) is 0 Å². The Kier molecular flexibility index (Phi) is 5.90. The molecule has 4 N–H and O–H groups in total.